The van der Waals surface area contributed by atoms with E-state index < -0.39 is 0 Å². The monoisotopic (exact) mass is 495 g/mol. The predicted molar refractivity (Wildman–Crippen MR) is 142 cm³/mol. The van der Waals surface area contributed by atoms with Gasteiger partial charge >= 0.3 is 0 Å². The first-order chi connectivity index (χ1) is 17.5. The van der Waals surface area contributed by atoms with Crippen molar-refractivity contribution in [2.45, 2.75) is 40.0 Å². The Morgan fingerprint density at radius 3 is 2.86 bits per heavy atom. The van der Waals surface area contributed by atoms with E-state index in [1.165, 1.54) is 7.11 Å². The molecule has 0 amide bonds. The number of aryl methyl sites for hydroxylation is 2. The molecule has 1 aliphatic rings. The molecule has 0 spiro atoms. The van der Waals surface area contributed by atoms with Crippen LogP contribution in [-0.4, -0.2) is 38.9 Å². The van der Waals surface area contributed by atoms with Gasteiger partial charge in [-0.15, -0.1) is 17.3 Å². The first-order valence-corrected chi connectivity index (χ1v) is 12.5. The van der Waals surface area contributed by atoms with Crippen LogP contribution in [-0.2, 0) is 28.9 Å². The van der Waals surface area contributed by atoms with Crippen molar-refractivity contribution < 1.29 is 9.63 Å². The van der Waals surface area contributed by atoms with Crippen LogP contribution in [0.5, 0.6) is 0 Å². The Kier molecular flexibility index (Phi) is 6.49. The number of carbonyl (C=O) groups is 1. The maximum absolute atomic E-state index is 11.8. The number of carbonyl (C=O) groups excluding carboxylic acids is 1. The summed E-state index contributed by atoms with van der Waals surface area (Å²) in [6.07, 6.45) is 5.49. The topological polar surface area (TPSA) is 82.3 Å². The third kappa shape index (κ3) is 4.45. The normalized spacial score (nSPS) is 12.1. The standard InChI is InChI=1S/C28H25N5O2S/c1-5-6-20-14-19(15-30-35-4)8-12-24(20)33-27-22(26(32-33)21-9-7-17(2)29-16-21)10-11-23-28(27)36-25(31-23)13-18(3)34/h7-9,12,14-16H,10-11,13H2,1-4H3/b30-15-. The van der Waals surface area contributed by atoms with Gasteiger partial charge in [0.25, 0.3) is 0 Å². The SMILES string of the molecule is CC#Cc1cc(/C=N\OC)ccc1-n1nc(-c2ccc(C)nc2)c2c1-c1sc(CC(C)=O)nc1CC2. The molecule has 3 heterocycles. The number of thiazole rings is 1. The third-order valence-electron chi connectivity index (χ3n) is 5.95. The van der Waals surface area contributed by atoms with Crippen molar-refractivity contribution >= 4 is 23.3 Å². The molecule has 1 aromatic carbocycles. The van der Waals surface area contributed by atoms with Gasteiger partial charge in [0, 0.05) is 23.0 Å². The van der Waals surface area contributed by atoms with Crippen LogP contribution in [0.2, 0.25) is 0 Å². The average molecular weight is 496 g/mol. The Labute approximate surface area is 213 Å². The molecule has 0 unspecified atom stereocenters. The molecule has 0 N–H and O–H groups in total. The predicted octanol–water partition coefficient (Wildman–Crippen LogP) is 4.95. The molecule has 0 bridgehead atoms. The van der Waals surface area contributed by atoms with Gasteiger partial charge in [-0.25, -0.2) is 9.67 Å². The fourth-order valence-corrected chi connectivity index (χ4v) is 5.63. The van der Waals surface area contributed by atoms with Crippen LogP contribution in [0.25, 0.3) is 27.5 Å². The summed E-state index contributed by atoms with van der Waals surface area (Å²) in [7, 11) is 1.52. The van der Waals surface area contributed by atoms with Crippen LogP contribution in [0.15, 0.2) is 41.7 Å². The molecule has 0 saturated heterocycles. The smallest absolute Gasteiger partial charge is 0.136 e. The molecule has 5 rings (SSSR count). The minimum absolute atomic E-state index is 0.107. The zero-order chi connectivity index (χ0) is 25.2. The molecule has 8 heteroatoms. The Bertz CT molecular complexity index is 1550. The number of ketones is 1. The van der Waals surface area contributed by atoms with Crippen molar-refractivity contribution in [2.24, 2.45) is 5.16 Å². The average Bonchev–Trinajstić information content (AvgIpc) is 3.44. The maximum Gasteiger partial charge on any atom is 0.136 e. The zero-order valence-corrected chi connectivity index (χ0v) is 21.4. The van der Waals surface area contributed by atoms with E-state index >= 15 is 0 Å². The molecule has 7 nitrogen and oxygen atoms in total. The van der Waals surface area contributed by atoms with Crippen LogP contribution < -0.4 is 0 Å². The molecular weight excluding hydrogens is 470 g/mol. The maximum atomic E-state index is 11.8. The van der Waals surface area contributed by atoms with Gasteiger partial charge in [0.15, 0.2) is 0 Å². The summed E-state index contributed by atoms with van der Waals surface area (Å²) in [5.41, 5.74) is 8.61. The lowest BCUT2D eigenvalue weighted by Gasteiger charge is -2.15. The van der Waals surface area contributed by atoms with Crippen LogP contribution in [0.4, 0.5) is 0 Å². The highest BCUT2D eigenvalue weighted by Crippen LogP contribution is 2.43. The van der Waals surface area contributed by atoms with Gasteiger partial charge in [-0.3, -0.25) is 9.78 Å². The Balaban J connectivity index is 1.75. The summed E-state index contributed by atoms with van der Waals surface area (Å²) in [6.45, 7) is 5.39. The second-order valence-electron chi connectivity index (χ2n) is 8.61. The molecule has 3 aromatic heterocycles. The van der Waals surface area contributed by atoms with Crippen LogP contribution in [0.1, 0.15) is 46.9 Å². The number of benzene rings is 1. The minimum atomic E-state index is 0.107. The zero-order valence-electron chi connectivity index (χ0n) is 20.6. The molecule has 36 heavy (non-hydrogen) atoms. The van der Waals surface area contributed by atoms with Crippen molar-refractivity contribution in [2.75, 3.05) is 7.11 Å². The van der Waals surface area contributed by atoms with Crippen molar-refractivity contribution in [1.82, 2.24) is 19.7 Å². The molecule has 0 saturated carbocycles. The number of rotatable bonds is 6. The van der Waals surface area contributed by atoms with E-state index in [-0.39, 0.29) is 5.78 Å². The van der Waals surface area contributed by atoms with Crippen molar-refractivity contribution in [3.05, 3.63) is 69.6 Å². The summed E-state index contributed by atoms with van der Waals surface area (Å²) < 4.78 is 1.98. The van der Waals surface area contributed by atoms with Gasteiger partial charge in [-0.05, 0) is 63.4 Å². The number of aromatic nitrogens is 4. The van der Waals surface area contributed by atoms with Crippen LogP contribution in [0, 0.1) is 18.8 Å². The van der Waals surface area contributed by atoms with Crippen molar-refractivity contribution in [1.29, 1.82) is 0 Å². The van der Waals surface area contributed by atoms with Gasteiger partial charge in [-0.1, -0.05) is 17.1 Å². The fourth-order valence-electron chi connectivity index (χ4n) is 4.39. The Morgan fingerprint density at radius 2 is 2.14 bits per heavy atom. The number of oxime groups is 1. The number of pyridine rings is 1. The fraction of sp³-hybridized carbons (Fsp3) is 0.250. The van der Waals surface area contributed by atoms with Gasteiger partial charge in [-0.2, -0.15) is 5.10 Å². The largest absolute Gasteiger partial charge is 0.399 e. The number of hydrogen-bond acceptors (Lipinski definition) is 7. The Hall–Kier alpha value is -4.09. The number of fused-ring (bicyclic) bond motifs is 3. The van der Waals surface area contributed by atoms with Gasteiger partial charge < -0.3 is 4.84 Å². The molecule has 0 atom stereocenters. The number of Topliss-reactive ketones (excluding diaryl/α,β-unsaturated/α-hetero) is 1. The lowest BCUT2D eigenvalue weighted by atomic mass is 9.95. The summed E-state index contributed by atoms with van der Waals surface area (Å²) in [5.74, 6) is 6.36. The Morgan fingerprint density at radius 1 is 1.28 bits per heavy atom. The lowest BCUT2D eigenvalue weighted by Crippen LogP contribution is -2.07. The van der Waals surface area contributed by atoms with E-state index in [9.17, 15) is 4.79 Å². The molecule has 0 aliphatic heterocycles. The summed E-state index contributed by atoms with van der Waals surface area (Å²) in [6, 6.07) is 10.0. The summed E-state index contributed by atoms with van der Waals surface area (Å²) in [5, 5.41) is 9.85. The molecular formula is C28H25N5O2S. The van der Waals surface area contributed by atoms with E-state index in [1.807, 2.05) is 49.0 Å². The highest BCUT2D eigenvalue weighted by molar-refractivity contribution is 7.15. The summed E-state index contributed by atoms with van der Waals surface area (Å²) in [4.78, 5) is 27.0. The number of hydrogen-bond donors (Lipinski definition) is 0. The second kappa shape index (κ2) is 9.88. The third-order valence-corrected chi connectivity index (χ3v) is 7.06. The number of nitrogens with zero attached hydrogens (tertiary/aromatic N) is 5. The van der Waals surface area contributed by atoms with Crippen LogP contribution >= 0.6 is 11.3 Å². The second-order valence-corrected chi connectivity index (χ2v) is 9.69. The highest BCUT2D eigenvalue weighted by Gasteiger charge is 2.30. The van der Waals surface area contributed by atoms with Crippen LogP contribution in [0.3, 0.4) is 0 Å². The molecule has 0 radical (unpaired) electrons. The summed E-state index contributed by atoms with van der Waals surface area (Å²) >= 11 is 1.58. The van der Waals surface area contributed by atoms with E-state index in [2.05, 4.69) is 28.0 Å². The highest BCUT2D eigenvalue weighted by atomic mass is 32.1. The molecule has 180 valence electrons. The minimum Gasteiger partial charge on any atom is -0.399 e. The molecule has 0 fully saturated rings. The quantitative estimate of drug-likeness (QED) is 0.215. The first kappa shape index (κ1) is 23.6. The van der Waals surface area contributed by atoms with E-state index in [4.69, 9.17) is 14.9 Å². The van der Waals surface area contributed by atoms with E-state index in [0.717, 1.165) is 73.4 Å². The van der Waals surface area contributed by atoms with Crippen molar-refractivity contribution in [3.8, 4) is 39.4 Å². The van der Waals surface area contributed by atoms with Gasteiger partial charge in [0.1, 0.15) is 17.9 Å². The van der Waals surface area contributed by atoms with Crippen molar-refractivity contribution in [3.63, 3.8) is 0 Å². The molecule has 1 aliphatic carbocycles. The van der Waals surface area contributed by atoms with E-state index in [0.29, 0.717) is 6.42 Å². The molecule has 4 aromatic rings. The van der Waals surface area contributed by atoms with E-state index in [1.54, 1.807) is 24.5 Å². The van der Waals surface area contributed by atoms with Gasteiger partial charge in [0.05, 0.1) is 45.8 Å². The van der Waals surface area contributed by atoms with Gasteiger partial charge in [0.2, 0.25) is 0 Å². The lowest BCUT2D eigenvalue weighted by molar-refractivity contribution is -0.116. The first-order valence-electron chi connectivity index (χ1n) is 11.7.